The standard InChI is InChI=1S/C18H16BrN5O/c1-12-2-3-15(14(19)10-12)22-17-5-4-16(23-24-17)18(25)21-11-13-6-8-20-9-7-13/h2-10H,11H2,1H3,(H,21,25)(H,22,24). The van der Waals surface area contributed by atoms with Gasteiger partial charge in [-0.15, -0.1) is 10.2 Å². The highest BCUT2D eigenvalue weighted by molar-refractivity contribution is 9.10. The first-order valence-electron chi connectivity index (χ1n) is 7.66. The zero-order valence-electron chi connectivity index (χ0n) is 13.5. The van der Waals surface area contributed by atoms with E-state index in [1.54, 1.807) is 24.5 Å². The lowest BCUT2D eigenvalue weighted by molar-refractivity contribution is 0.0945. The molecule has 7 heteroatoms. The number of pyridine rings is 1. The molecule has 3 aromatic rings. The second-order valence-electron chi connectivity index (χ2n) is 5.45. The molecule has 126 valence electrons. The first-order chi connectivity index (χ1) is 12.1. The first-order valence-corrected chi connectivity index (χ1v) is 8.45. The number of halogens is 1. The van der Waals surface area contributed by atoms with Gasteiger partial charge < -0.3 is 10.6 Å². The van der Waals surface area contributed by atoms with E-state index in [0.717, 1.165) is 21.3 Å². The van der Waals surface area contributed by atoms with E-state index >= 15 is 0 Å². The third-order valence-corrected chi connectivity index (χ3v) is 4.14. The van der Waals surface area contributed by atoms with Crippen LogP contribution in [0.5, 0.6) is 0 Å². The molecule has 3 rings (SSSR count). The van der Waals surface area contributed by atoms with Gasteiger partial charge in [0.1, 0.15) is 0 Å². The lowest BCUT2D eigenvalue weighted by atomic mass is 10.2. The van der Waals surface area contributed by atoms with Gasteiger partial charge in [0, 0.05) is 23.4 Å². The second-order valence-corrected chi connectivity index (χ2v) is 6.30. The fourth-order valence-corrected chi connectivity index (χ4v) is 2.75. The Hall–Kier alpha value is -2.80. The molecule has 2 aromatic heterocycles. The summed E-state index contributed by atoms with van der Waals surface area (Å²) in [6.07, 6.45) is 3.37. The summed E-state index contributed by atoms with van der Waals surface area (Å²) in [5.41, 5.74) is 3.28. The molecule has 2 N–H and O–H groups in total. The zero-order valence-corrected chi connectivity index (χ0v) is 15.1. The predicted octanol–water partition coefficient (Wildman–Crippen LogP) is 3.62. The van der Waals surface area contributed by atoms with Crippen molar-refractivity contribution in [3.8, 4) is 0 Å². The highest BCUT2D eigenvalue weighted by Crippen LogP contribution is 2.25. The van der Waals surface area contributed by atoms with E-state index in [-0.39, 0.29) is 11.6 Å². The summed E-state index contributed by atoms with van der Waals surface area (Å²) in [5.74, 6) is 0.294. The van der Waals surface area contributed by atoms with E-state index in [1.165, 1.54) is 0 Å². The summed E-state index contributed by atoms with van der Waals surface area (Å²) in [4.78, 5) is 16.1. The minimum Gasteiger partial charge on any atom is -0.347 e. The molecule has 0 saturated heterocycles. The molecule has 0 aliphatic rings. The van der Waals surface area contributed by atoms with Crippen molar-refractivity contribution >= 4 is 33.3 Å². The van der Waals surface area contributed by atoms with E-state index in [4.69, 9.17) is 0 Å². The van der Waals surface area contributed by atoms with Crippen LogP contribution in [0.3, 0.4) is 0 Å². The lowest BCUT2D eigenvalue weighted by Crippen LogP contribution is -2.24. The molecular formula is C18H16BrN5O. The SMILES string of the molecule is Cc1ccc(Nc2ccc(C(=O)NCc3ccncc3)nn2)c(Br)c1. The molecule has 2 heterocycles. The Morgan fingerprint density at radius 1 is 1.08 bits per heavy atom. The van der Waals surface area contributed by atoms with Crippen LogP contribution in [-0.2, 0) is 6.54 Å². The highest BCUT2D eigenvalue weighted by Gasteiger charge is 2.09. The average molecular weight is 398 g/mol. The maximum atomic E-state index is 12.1. The van der Waals surface area contributed by atoms with Crippen molar-refractivity contribution < 1.29 is 4.79 Å². The van der Waals surface area contributed by atoms with Crippen LogP contribution in [0.1, 0.15) is 21.6 Å². The van der Waals surface area contributed by atoms with E-state index < -0.39 is 0 Å². The molecule has 1 aromatic carbocycles. The third kappa shape index (κ3) is 4.60. The van der Waals surface area contributed by atoms with E-state index in [2.05, 4.69) is 41.7 Å². The van der Waals surface area contributed by atoms with Crippen molar-refractivity contribution in [2.75, 3.05) is 5.32 Å². The minimum absolute atomic E-state index is 0.266. The molecular weight excluding hydrogens is 382 g/mol. The summed E-state index contributed by atoms with van der Waals surface area (Å²) in [7, 11) is 0. The summed E-state index contributed by atoms with van der Waals surface area (Å²) in [6.45, 7) is 2.44. The Morgan fingerprint density at radius 3 is 2.56 bits per heavy atom. The Bertz CT molecular complexity index is 868. The molecule has 0 spiro atoms. The Labute approximate surface area is 153 Å². The van der Waals surface area contributed by atoms with Crippen molar-refractivity contribution in [1.29, 1.82) is 0 Å². The Balaban J connectivity index is 1.62. The van der Waals surface area contributed by atoms with Gasteiger partial charge in [-0.3, -0.25) is 9.78 Å². The van der Waals surface area contributed by atoms with Gasteiger partial charge in [0.2, 0.25) is 0 Å². The molecule has 0 bridgehead atoms. The number of rotatable bonds is 5. The second kappa shape index (κ2) is 7.85. The number of hydrogen-bond acceptors (Lipinski definition) is 5. The third-order valence-electron chi connectivity index (χ3n) is 3.49. The van der Waals surface area contributed by atoms with E-state index in [0.29, 0.717) is 12.4 Å². The van der Waals surface area contributed by atoms with Gasteiger partial charge in [-0.1, -0.05) is 6.07 Å². The maximum absolute atomic E-state index is 12.1. The maximum Gasteiger partial charge on any atom is 0.272 e. The monoisotopic (exact) mass is 397 g/mol. The fourth-order valence-electron chi connectivity index (χ4n) is 2.15. The number of carbonyl (C=O) groups is 1. The van der Waals surface area contributed by atoms with Crippen LogP contribution >= 0.6 is 15.9 Å². The van der Waals surface area contributed by atoms with E-state index in [1.807, 2.05) is 37.3 Å². The minimum atomic E-state index is -0.271. The molecule has 25 heavy (non-hydrogen) atoms. The number of nitrogens with one attached hydrogen (secondary N) is 2. The van der Waals surface area contributed by atoms with E-state index in [9.17, 15) is 4.79 Å². The van der Waals surface area contributed by atoms with Gasteiger partial charge in [-0.25, -0.2) is 0 Å². The zero-order chi connectivity index (χ0) is 17.6. The van der Waals surface area contributed by atoms with Gasteiger partial charge in [0.25, 0.3) is 5.91 Å². The highest BCUT2D eigenvalue weighted by atomic mass is 79.9. The molecule has 0 atom stereocenters. The van der Waals surface area contributed by atoms with Crippen molar-refractivity contribution in [3.05, 3.63) is 76.2 Å². The van der Waals surface area contributed by atoms with Gasteiger partial charge in [0.15, 0.2) is 11.5 Å². The number of nitrogens with zero attached hydrogens (tertiary/aromatic N) is 3. The van der Waals surface area contributed by atoms with Crippen LogP contribution in [0.25, 0.3) is 0 Å². The first kappa shape index (κ1) is 17.0. The number of amides is 1. The summed E-state index contributed by atoms with van der Waals surface area (Å²) in [5, 5.41) is 14.0. The Morgan fingerprint density at radius 2 is 1.88 bits per heavy atom. The fraction of sp³-hybridized carbons (Fsp3) is 0.111. The normalized spacial score (nSPS) is 10.3. The Kier molecular flexibility index (Phi) is 5.35. The van der Waals surface area contributed by atoms with Crippen LogP contribution in [0.4, 0.5) is 11.5 Å². The largest absolute Gasteiger partial charge is 0.347 e. The van der Waals surface area contributed by atoms with Crippen molar-refractivity contribution in [1.82, 2.24) is 20.5 Å². The van der Waals surface area contributed by atoms with Gasteiger partial charge in [-0.05, 0) is 70.4 Å². The van der Waals surface area contributed by atoms with Crippen LogP contribution in [0, 0.1) is 6.92 Å². The number of benzene rings is 1. The number of hydrogen-bond donors (Lipinski definition) is 2. The number of aromatic nitrogens is 3. The quantitative estimate of drug-likeness (QED) is 0.687. The van der Waals surface area contributed by atoms with Crippen LogP contribution in [-0.4, -0.2) is 21.1 Å². The van der Waals surface area contributed by atoms with Crippen LogP contribution in [0.15, 0.2) is 59.3 Å². The predicted molar refractivity (Wildman–Crippen MR) is 99.6 cm³/mol. The molecule has 0 aliphatic carbocycles. The number of carbonyl (C=O) groups excluding carboxylic acids is 1. The average Bonchev–Trinajstić information content (AvgIpc) is 2.63. The van der Waals surface area contributed by atoms with Crippen LogP contribution in [0.2, 0.25) is 0 Å². The smallest absolute Gasteiger partial charge is 0.272 e. The van der Waals surface area contributed by atoms with Crippen molar-refractivity contribution in [2.45, 2.75) is 13.5 Å². The molecule has 1 amide bonds. The van der Waals surface area contributed by atoms with Crippen molar-refractivity contribution in [3.63, 3.8) is 0 Å². The summed E-state index contributed by atoms with van der Waals surface area (Å²) >= 11 is 3.51. The molecule has 0 aliphatic heterocycles. The van der Waals surface area contributed by atoms with Gasteiger partial charge >= 0.3 is 0 Å². The molecule has 0 radical (unpaired) electrons. The molecule has 0 fully saturated rings. The summed E-state index contributed by atoms with van der Waals surface area (Å²) in [6, 6.07) is 13.0. The molecule has 0 saturated carbocycles. The van der Waals surface area contributed by atoms with Crippen molar-refractivity contribution in [2.24, 2.45) is 0 Å². The van der Waals surface area contributed by atoms with Gasteiger partial charge in [0.05, 0.1) is 5.69 Å². The lowest BCUT2D eigenvalue weighted by Gasteiger charge is -2.08. The van der Waals surface area contributed by atoms with Gasteiger partial charge in [-0.2, -0.15) is 0 Å². The number of anilines is 2. The number of aryl methyl sites for hydroxylation is 1. The van der Waals surface area contributed by atoms with Crippen LogP contribution < -0.4 is 10.6 Å². The molecule has 0 unspecified atom stereocenters. The molecule has 6 nitrogen and oxygen atoms in total. The summed E-state index contributed by atoms with van der Waals surface area (Å²) < 4.78 is 0.938. The topological polar surface area (TPSA) is 79.8 Å².